The molecule has 0 bridgehead atoms. The molecule has 6 heteroatoms. The standard InChI is InChI=1S/C15H21F4NO/c1-4-21-9-14(10(2)3)20-8-11-5-12(15(17,18)19)7-13(16)6-11/h5-7,10,14,20H,4,8-9H2,1-3H3. The molecule has 1 aromatic rings. The van der Waals surface area contributed by atoms with Gasteiger partial charge in [-0.05, 0) is 36.6 Å². The van der Waals surface area contributed by atoms with Gasteiger partial charge in [0.1, 0.15) is 5.82 Å². The van der Waals surface area contributed by atoms with Crippen molar-refractivity contribution in [1.29, 1.82) is 0 Å². The first kappa shape index (κ1) is 17.9. The molecule has 0 heterocycles. The maximum atomic E-state index is 13.3. The SMILES string of the molecule is CCOCC(NCc1cc(F)cc(C(F)(F)F)c1)C(C)C. The molecular formula is C15H21F4NO. The molecule has 0 spiro atoms. The molecule has 21 heavy (non-hydrogen) atoms. The summed E-state index contributed by atoms with van der Waals surface area (Å²) >= 11 is 0. The first-order chi connectivity index (χ1) is 9.74. The minimum Gasteiger partial charge on any atom is -0.380 e. The van der Waals surface area contributed by atoms with E-state index < -0.39 is 17.6 Å². The second kappa shape index (κ2) is 7.75. The van der Waals surface area contributed by atoms with Crippen LogP contribution in [0, 0.1) is 11.7 Å². The van der Waals surface area contributed by atoms with Crippen molar-refractivity contribution in [3.05, 3.63) is 35.1 Å². The summed E-state index contributed by atoms with van der Waals surface area (Å²) in [6.07, 6.45) is -4.54. The van der Waals surface area contributed by atoms with Crippen molar-refractivity contribution in [2.75, 3.05) is 13.2 Å². The number of halogens is 4. The summed E-state index contributed by atoms with van der Waals surface area (Å²) in [7, 11) is 0. The van der Waals surface area contributed by atoms with Gasteiger partial charge in [-0.3, -0.25) is 0 Å². The Bertz CT molecular complexity index is 446. The molecule has 0 aliphatic carbocycles. The molecule has 120 valence electrons. The maximum absolute atomic E-state index is 13.3. The monoisotopic (exact) mass is 307 g/mol. The Hall–Kier alpha value is -1.14. The van der Waals surface area contributed by atoms with Gasteiger partial charge in [-0.15, -0.1) is 0 Å². The average Bonchev–Trinajstić information content (AvgIpc) is 2.36. The van der Waals surface area contributed by atoms with E-state index in [0.717, 1.165) is 12.1 Å². The summed E-state index contributed by atoms with van der Waals surface area (Å²) in [5.74, 6) is -0.625. The molecule has 1 rings (SSSR count). The number of hydrogen-bond donors (Lipinski definition) is 1. The van der Waals surface area contributed by atoms with Crippen LogP contribution in [0.25, 0.3) is 0 Å². The van der Waals surface area contributed by atoms with E-state index >= 15 is 0 Å². The van der Waals surface area contributed by atoms with Crippen molar-refractivity contribution >= 4 is 0 Å². The highest BCUT2D eigenvalue weighted by Gasteiger charge is 2.31. The van der Waals surface area contributed by atoms with E-state index in [-0.39, 0.29) is 24.1 Å². The van der Waals surface area contributed by atoms with Gasteiger partial charge in [-0.1, -0.05) is 13.8 Å². The van der Waals surface area contributed by atoms with Crippen LogP contribution in [-0.2, 0) is 17.5 Å². The number of nitrogens with one attached hydrogen (secondary N) is 1. The van der Waals surface area contributed by atoms with Gasteiger partial charge < -0.3 is 10.1 Å². The predicted molar refractivity (Wildman–Crippen MR) is 73.4 cm³/mol. The number of rotatable bonds is 7. The molecule has 0 saturated carbocycles. The lowest BCUT2D eigenvalue weighted by Crippen LogP contribution is -2.37. The minimum absolute atomic E-state index is 0.00236. The van der Waals surface area contributed by atoms with Crippen LogP contribution >= 0.6 is 0 Å². The number of benzene rings is 1. The van der Waals surface area contributed by atoms with E-state index in [1.54, 1.807) is 0 Å². The Kier molecular flexibility index (Phi) is 6.61. The normalized spacial score (nSPS) is 13.7. The Balaban J connectivity index is 2.76. The number of alkyl halides is 3. The van der Waals surface area contributed by atoms with Crippen LogP contribution in [0.2, 0.25) is 0 Å². The lowest BCUT2D eigenvalue weighted by Gasteiger charge is -2.22. The molecule has 0 aliphatic rings. The Morgan fingerprint density at radius 1 is 1.19 bits per heavy atom. The van der Waals surface area contributed by atoms with Crippen LogP contribution in [-0.4, -0.2) is 19.3 Å². The highest BCUT2D eigenvalue weighted by molar-refractivity contribution is 5.26. The molecule has 1 atom stereocenters. The zero-order valence-electron chi connectivity index (χ0n) is 12.4. The molecule has 0 amide bonds. The molecule has 0 radical (unpaired) electrons. The molecule has 0 aromatic heterocycles. The molecule has 1 unspecified atom stereocenters. The second-order valence-electron chi connectivity index (χ2n) is 5.24. The van der Waals surface area contributed by atoms with E-state index in [9.17, 15) is 17.6 Å². The molecule has 0 aliphatic heterocycles. The smallest absolute Gasteiger partial charge is 0.380 e. The molecule has 0 saturated heterocycles. The van der Waals surface area contributed by atoms with Crippen LogP contribution < -0.4 is 5.32 Å². The first-order valence-electron chi connectivity index (χ1n) is 6.91. The predicted octanol–water partition coefficient (Wildman–Crippen LogP) is 4.00. The molecule has 1 N–H and O–H groups in total. The zero-order valence-corrected chi connectivity index (χ0v) is 12.4. The number of hydrogen-bond acceptors (Lipinski definition) is 2. The van der Waals surface area contributed by atoms with Crippen molar-refractivity contribution in [1.82, 2.24) is 5.32 Å². The lowest BCUT2D eigenvalue weighted by atomic mass is 10.0. The topological polar surface area (TPSA) is 21.3 Å². The quantitative estimate of drug-likeness (QED) is 0.769. The highest BCUT2D eigenvalue weighted by atomic mass is 19.4. The van der Waals surface area contributed by atoms with Gasteiger partial charge >= 0.3 is 6.18 Å². The van der Waals surface area contributed by atoms with E-state index in [1.807, 2.05) is 20.8 Å². The van der Waals surface area contributed by atoms with Gasteiger partial charge in [0.05, 0.1) is 12.2 Å². The van der Waals surface area contributed by atoms with Crippen LogP contribution in [0.1, 0.15) is 31.9 Å². The van der Waals surface area contributed by atoms with Crippen LogP contribution in [0.4, 0.5) is 17.6 Å². The fraction of sp³-hybridized carbons (Fsp3) is 0.600. The van der Waals surface area contributed by atoms with E-state index in [2.05, 4.69) is 5.32 Å². The maximum Gasteiger partial charge on any atom is 0.416 e. The van der Waals surface area contributed by atoms with Crippen molar-refractivity contribution in [2.24, 2.45) is 5.92 Å². The number of ether oxygens (including phenoxy) is 1. The third-order valence-electron chi connectivity index (χ3n) is 3.16. The Labute approximate surface area is 122 Å². The van der Waals surface area contributed by atoms with E-state index in [0.29, 0.717) is 19.3 Å². The summed E-state index contributed by atoms with van der Waals surface area (Å²) in [6.45, 7) is 7.06. The summed E-state index contributed by atoms with van der Waals surface area (Å²) in [4.78, 5) is 0. The summed E-state index contributed by atoms with van der Waals surface area (Å²) in [6, 6.07) is 2.58. The first-order valence-corrected chi connectivity index (χ1v) is 6.91. The zero-order chi connectivity index (χ0) is 16.0. The van der Waals surface area contributed by atoms with Gasteiger partial charge in [-0.25, -0.2) is 4.39 Å². The summed E-state index contributed by atoms with van der Waals surface area (Å²) < 4.78 is 56.5. The fourth-order valence-corrected chi connectivity index (χ4v) is 1.90. The molecular weight excluding hydrogens is 286 g/mol. The molecule has 0 fully saturated rings. The van der Waals surface area contributed by atoms with Crippen molar-refractivity contribution < 1.29 is 22.3 Å². The molecule has 1 aromatic carbocycles. The Morgan fingerprint density at radius 3 is 2.38 bits per heavy atom. The van der Waals surface area contributed by atoms with Crippen molar-refractivity contribution in [3.8, 4) is 0 Å². The van der Waals surface area contributed by atoms with Crippen LogP contribution in [0.3, 0.4) is 0 Å². The van der Waals surface area contributed by atoms with Crippen LogP contribution in [0.5, 0.6) is 0 Å². The van der Waals surface area contributed by atoms with Crippen molar-refractivity contribution in [2.45, 2.75) is 39.5 Å². The highest BCUT2D eigenvalue weighted by Crippen LogP contribution is 2.30. The van der Waals surface area contributed by atoms with Gasteiger partial charge in [0.25, 0.3) is 0 Å². The van der Waals surface area contributed by atoms with Crippen LogP contribution in [0.15, 0.2) is 18.2 Å². The van der Waals surface area contributed by atoms with Gasteiger partial charge in [-0.2, -0.15) is 13.2 Å². The second-order valence-corrected chi connectivity index (χ2v) is 5.24. The third-order valence-corrected chi connectivity index (χ3v) is 3.16. The lowest BCUT2D eigenvalue weighted by molar-refractivity contribution is -0.137. The summed E-state index contributed by atoms with van der Waals surface area (Å²) in [5, 5.41) is 3.12. The summed E-state index contributed by atoms with van der Waals surface area (Å²) in [5.41, 5.74) is -0.699. The van der Waals surface area contributed by atoms with Gasteiger partial charge in [0, 0.05) is 19.2 Å². The molecule has 2 nitrogen and oxygen atoms in total. The third kappa shape index (κ3) is 6.01. The fourth-order valence-electron chi connectivity index (χ4n) is 1.90. The van der Waals surface area contributed by atoms with E-state index in [1.165, 1.54) is 0 Å². The van der Waals surface area contributed by atoms with Gasteiger partial charge in [0.15, 0.2) is 0 Å². The van der Waals surface area contributed by atoms with Gasteiger partial charge in [0.2, 0.25) is 0 Å². The minimum atomic E-state index is -4.54. The largest absolute Gasteiger partial charge is 0.416 e. The Morgan fingerprint density at radius 2 is 1.86 bits per heavy atom. The average molecular weight is 307 g/mol. The van der Waals surface area contributed by atoms with Crippen molar-refractivity contribution in [3.63, 3.8) is 0 Å². The van der Waals surface area contributed by atoms with E-state index in [4.69, 9.17) is 4.74 Å².